The normalized spacial score (nSPS) is 22.7. The number of carbonyl (C=O) groups excluding carboxylic acids is 3. The van der Waals surface area contributed by atoms with Crippen molar-refractivity contribution in [2.24, 2.45) is 0 Å². The van der Waals surface area contributed by atoms with E-state index in [-0.39, 0.29) is 12.4 Å². The number of allylic oxidation sites excluding steroid dienone is 4. The van der Waals surface area contributed by atoms with E-state index in [1.54, 1.807) is 19.1 Å². The monoisotopic (exact) mass is 632 g/mol. The maximum absolute atomic E-state index is 11.9. The Bertz CT molecular complexity index is 1270. The van der Waals surface area contributed by atoms with Gasteiger partial charge < -0.3 is 39.0 Å². The summed E-state index contributed by atoms with van der Waals surface area (Å²) in [6, 6.07) is 3.17. The quantitative estimate of drug-likeness (QED) is 0.150. The third-order valence-electron chi connectivity index (χ3n) is 7.05. The molecule has 11 nitrogen and oxygen atoms in total. The lowest BCUT2D eigenvalue weighted by Gasteiger charge is -2.42. The molecular weight excluding hydrogens is 584 g/mol. The number of rotatable bonds is 14. The smallest absolute Gasteiger partial charge is 0.303 e. The van der Waals surface area contributed by atoms with Crippen LogP contribution in [-0.4, -0.2) is 76.6 Å². The lowest BCUT2D eigenvalue weighted by molar-refractivity contribution is -0.285. The number of aryl methyl sites for hydroxylation is 1. The number of aliphatic hydroxyl groups is 2. The Morgan fingerprint density at radius 1 is 0.933 bits per heavy atom. The lowest BCUT2D eigenvalue weighted by atomic mass is 9.98. The summed E-state index contributed by atoms with van der Waals surface area (Å²) in [7, 11) is 0. The van der Waals surface area contributed by atoms with Crippen LogP contribution in [0.4, 0.5) is 0 Å². The molecule has 1 heterocycles. The largest absolute Gasteiger partial charge is 0.508 e. The lowest BCUT2D eigenvalue weighted by Crippen LogP contribution is -2.62. The number of ether oxygens (including phenoxy) is 5. The van der Waals surface area contributed by atoms with Gasteiger partial charge in [-0.3, -0.25) is 14.4 Å². The second-order valence-corrected chi connectivity index (χ2v) is 11.7. The van der Waals surface area contributed by atoms with Crippen LogP contribution in [0.5, 0.6) is 11.5 Å². The Morgan fingerprint density at radius 2 is 1.58 bits per heavy atom. The van der Waals surface area contributed by atoms with Gasteiger partial charge in [-0.15, -0.1) is 0 Å². The van der Waals surface area contributed by atoms with Gasteiger partial charge >= 0.3 is 17.9 Å². The molecule has 0 saturated carbocycles. The fourth-order valence-corrected chi connectivity index (χ4v) is 4.88. The van der Waals surface area contributed by atoms with Crippen molar-refractivity contribution < 1.29 is 53.4 Å². The first-order chi connectivity index (χ1) is 21.1. The van der Waals surface area contributed by atoms with E-state index in [1.165, 1.54) is 6.92 Å². The van der Waals surface area contributed by atoms with Gasteiger partial charge in [0.05, 0.1) is 6.10 Å². The van der Waals surface area contributed by atoms with Crippen LogP contribution in [-0.2, 0) is 39.8 Å². The van der Waals surface area contributed by atoms with Crippen molar-refractivity contribution >= 4 is 17.9 Å². The summed E-state index contributed by atoms with van der Waals surface area (Å²) in [5.74, 6) is -1.70. The van der Waals surface area contributed by atoms with E-state index in [1.807, 2.05) is 39.8 Å². The highest BCUT2D eigenvalue weighted by molar-refractivity contribution is 5.68. The Balaban J connectivity index is 2.27. The molecule has 3 N–H and O–H groups in total. The van der Waals surface area contributed by atoms with E-state index in [0.29, 0.717) is 29.7 Å². The molecule has 0 aromatic heterocycles. The van der Waals surface area contributed by atoms with Crippen molar-refractivity contribution in [3.05, 3.63) is 58.2 Å². The first-order valence-electron chi connectivity index (χ1n) is 15.0. The molecule has 1 saturated heterocycles. The Labute approximate surface area is 265 Å². The summed E-state index contributed by atoms with van der Waals surface area (Å²) in [4.78, 5) is 35.3. The zero-order valence-electron chi connectivity index (χ0n) is 27.5. The summed E-state index contributed by atoms with van der Waals surface area (Å²) in [6.45, 7) is 12.7. The minimum absolute atomic E-state index is 0.0578. The fourth-order valence-electron chi connectivity index (χ4n) is 4.88. The molecule has 6 unspecified atom stereocenters. The molecule has 0 spiro atoms. The van der Waals surface area contributed by atoms with Crippen molar-refractivity contribution in [2.75, 3.05) is 6.61 Å². The molecule has 0 bridgehead atoms. The molecule has 250 valence electrons. The van der Waals surface area contributed by atoms with E-state index in [4.69, 9.17) is 23.7 Å². The molecule has 6 atom stereocenters. The molecule has 0 amide bonds. The molecule has 11 heteroatoms. The third kappa shape index (κ3) is 12.7. The Morgan fingerprint density at radius 3 is 2.18 bits per heavy atom. The number of phenolic OH excluding ortho intramolecular Hbond substituents is 1. The number of aromatic hydroxyl groups is 1. The van der Waals surface area contributed by atoms with Gasteiger partial charge in [0.25, 0.3) is 0 Å². The summed E-state index contributed by atoms with van der Waals surface area (Å²) >= 11 is 0. The predicted molar refractivity (Wildman–Crippen MR) is 166 cm³/mol. The number of esters is 3. The minimum Gasteiger partial charge on any atom is -0.508 e. The van der Waals surface area contributed by atoms with Crippen molar-refractivity contribution in [1.29, 1.82) is 0 Å². The highest BCUT2D eigenvalue weighted by Gasteiger charge is 2.51. The number of benzene rings is 1. The number of carbonyl (C=O) groups is 3. The van der Waals surface area contributed by atoms with Crippen molar-refractivity contribution in [1.82, 2.24) is 0 Å². The van der Waals surface area contributed by atoms with Crippen LogP contribution in [0.2, 0.25) is 0 Å². The fraction of sp³-hybridized carbons (Fsp3) is 0.559. The topological polar surface area (TPSA) is 158 Å². The zero-order valence-corrected chi connectivity index (χ0v) is 27.5. The number of aliphatic hydroxyl groups excluding tert-OH is 2. The van der Waals surface area contributed by atoms with Gasteiger partial charge in [-0.2, -0.15) is 0 Å². The third-order valence-corrected chi connectivity index (χ3v) is 7.05. The summed E-state index contributed by atoms with van der Waals surface area (Å²) < 4.78 is 27.8. The number of hydrogen-bond donors (Lipinski definition) is 3. The van der Waals surface area contributed by atoms with E-state index in [0.717, 1.165) is 43.4 Å². The van der Waals surface area contributed by atoms with Crippen LogP contribution < -0.4 is 4.74 Å². The summed E-state index contributed by atoms with van der Waals surface area (Å²) in [5, 5.41) is 31.8. The van der Waals surface area contributed by atoms with E-state index in [9.17, 15) is 29.7 Å². The van der Waals surface area contributed by atoms with Crippen LogP contribution in [0.1, 0.15) is 78.9 Å². The molecule has 0 aliphatic carbocycles. The minimum atomic E-state index is -1.59. The van der Waals surface area contributed by atoms with Crippen LogP contribution in [0.15, 0.2) is 47.1 Å². The van der Waals surface area contributed by atoms with Crippen molar-refractivity contribution in [3.8, 4) is 11.5 Å². The van der Waals surface area contributed by atoms with Crippen LogP contribution in [0, 0.1) is 6.92 Å². The Hall–Kier alpha value is -3.67. The molecule has 1 aliphatic rings. The molecule has 1 fully saturated rings. The Kier molecular flexibility index (Phi) is 14.8. The first-order valence-corrected chi connectivity index (χ1v) is 15.0. The second-order valence-electron chi connectivity index (χ2n) is 11.7. The van der Waals surface area contributed by atoms with E-state index >= 15 is 0 Å². The van der Waals surface area contributed by atoms with Crippen molar-refractivity contribution in [3.63, 3.8) is 0 Å². The van der Waals surface area contributed by atoms with Crippen LogP contribution in [0.3, 0.4) is 0 Å². The average Bonchev–Trinajstić information content (AvgIpc) is 2.91. The van der Waals surface area contributed by atoms with Crippen LogP contribution >= 0.6 is 0 Å². The van der Waals surface area contributed by atoms with Crippen molar-refractivity contribution in [2.45, 2.75) is 118 Å². The number of phenols is 1. The van der Waals surface area contributed by atoms with Gasteiger partial charge in [-0.05, 0) is 78.0 Å². The zero-order chi connectivity index (χ0) is 33.8. The number of hydrogen-bond acceptors (Lipinski definition) is 11. The summed E-state index contributed by atoms with van der Waals surface area (Å²) in [6.07, 6.45) is 1.23. The van der Waals surface area contributed by atoms with Crippen LogP contribution in [0.25, 0.3) is 0 Å². The van der Waals surface area contributed by atoms with Gasteiger partial charge in [0.15, 0.2) is 18.3 Å². The van der Waals surface area contributed by atoms with E-state index in [2.05, 4.69) is 6.08 Å². The second kappa shape index (κ2) is 17.7. The first kappa shape index (κ1) is 37.5. The van der Waals surface area contributed by atoms with Gasteiger partial charge in [0.1, 0.15) is 24.2 Å². The SMILES string of the molecule is CC(=O)OCC1OC(Oc2cc(C)c(O)cc2CC=C(C)CCC=C(C)CC(O)C=C(C)C)C(O)C(OC(C)=O)C1OC(C)=O. The molecule has 1 aliphatic heterocycles. The molecule has 45 heavy (non-hydrogen) atoms. The maximum Gasteiger partial charge on any atom is 0.303 e. The molecule has 1 aromatic rings. The van der Waals surface area contributed by atoms with E-state index < -0.39 is 54.7 Å². The van der Waals surface area contributed by atoms with Gasteiger partial charge in [-0.25, -0.2) is 0 Å². The average molecular weight is 633 g/mol. The molecular formula is C34H48O11. The standard InChI is InChI=1S/C34H48O11/c1-19(2)14-27(38)15-21(4)11-9-10-20(3)12-13-26-17-28(39)22(5)16-29(26)44-34-31(40)33(43-25(8)37)32(42-24(7)36)30(45-34)18-41-23(6)35/h11-12,14,16-17,27,30-34,38-40H,9-10,13,15,18H2,1-8H3. The van der Waals surface area contributed by atoms with Gasteiger partial charge in [0, 0.05) is 26.3 Å². The molecule has 0 radical (unpaired) electrons. The summed E-state index contributed by atoms with van der Waals surface area (Å²) in [5.41, 5.74) is 4.40. The highest BCUT2D eigenvalue weighted by Crippen LogP contribution is 2.33. The molecule has 2 rings (SSSR count). The predicted octanol–water partition coefficient (Wildman–Crippen LogP) is 4.52. The highest BCUT2D eigenvalue weighted by atomic mass is 16.7. The maximum atomic E-state index is 11.9. The molecule has 1 aromatic carbocycles. The van der Waals surface area contributed by atoms with Gasteiger partial charge in [0.2, 0.25) is 6.29 Å². The van der Waals surface area contributed by atoms with Gasteiger partial charge in [-0.1, -0.05) is 34.9 Å².